The number of nitrogens with one attached hydrogen (secondary N) is 2. The fourth-order valence-electron chi connectivity index (χ4n) is 2.80. The highest BCUT2D eigenvalue weighted by atomic mass is 16.4. The number of urea groups is 1. The van der Waals surface area contributed by atoms with E-state index in [1.165, 1.54) is 12.8 Å². The molecule has 0 aromatic carbocycles. The maximum atomic E-state index is 11.9. The summed E-state index contributed by atoms with van der Waals surface area (Å²) in [4.78, 5) is 22.5. The molecule has 3 N–H and O–H groups in total. The standard InChI is InChI=1S/C16H30N2O3/c1-4-5-12(6-9-14(19)20)10-11-17-15(21)18-16(2,3)13-7-8-13/h12-13H,4-11H2,1-3H3,(H,19,20)(H2,17,18,21). The van der Waals surface area contributed by atoms with E-state index in [9.17, 15) is 9.59 Å². The molecule has 1 aliphatic rings. The molecular formula is C16H30N2O3. The summed E-state index contributed by atoms with van der Waals surface area (Å²) in [5, 5.41) is 14.7. The SMILES string of the molecule is CCCC(CCNC(=O)NC(C)(C)C1CC1)CCC(=O)O. The van der Waals surface area contributed by atoms with E-state index in [2.05, 4.69) is 31.4 Å². The highest BCUT2D eigenvalue weighted by molar-refractivity contribution is 5.74. The van der Waals surface area contributed by atoms with Crippen molar-refractivity contribution in [3.63, 3.8) is 0 Å². The van der Waals surface area contributed by atoms with Crippen molar-refractivity contribution in [2.24, 2.45) is 11.8 Å². The molecule has 0 spiro atoms. The Morgan fingerprint density at radius 1 is 1.24 bits per heavy atom. The lowest BCUT2D eigenvalue weighted by Gasteiger charge is -2.26. The third-order valence-electron chi connectivity index (χ3n) is 4.34. The van der Waals surface area contributed by atoms with Gasteiger partial charge in [-0.1, -0.05) is 19.8 Å². The van der Waals surface area contributed by atoms with Crippen LogP contribution in [0.4, 0.5) is 4.79 Å². The zero-order valence-electron chi connectivity index (χ0n) is 13.6. The smallest absolute Gasteiger partial charge is 0.315 e. The second-order valence-corrected chi connectivity index (χ2v) is 6.75. The molecule has 1 rings (SSSR count). The molecule has 0 aliphatic heterocycles. The largest absolute Gasteiger partial charge is 0.481 e. The van der Waals surface area contributed by atoms with E-state index in [1.54, 1.807) is 0 Å². The van der Waals surface area contributed by atoms with E-state index in [-0.39, 0.29) is 18.0 Å². The lowest BCUT2D eigenvalue weighted by atomic mass is 9.94. The molecule has 1 saturated carbocycles. The van der Waals surface area contributed by atoms with Gasteiger partial charge in [0.15, 0.2) is 0 Å². The van der Waals surface area contributed by atoms with Gasteiger partial charge in [0.2, 0.25) is 0 Å². The quantitative estimate of drug-likeness (QED) is 0.579. The monoisotopic (exact) mass is 298 g/mol. The minimum atomic E-state index is -0.743. The lowest BCUT2D eigenvalue weighted by Crippen LogP contribution is -2.50. The first-order valence-electron chi connectivity index (χ1n) is 8.13. The molecule has 1 atom stereocenters. The molecule has 21 heavy (non-hydrogen) atoms. The van der Waals surface area contributed by atoms with Crippen LogP contribution in [0.1, 0.15) is 65.7 Å². The van der Waals surface area contributed by atoms with Gasteiger partial charge in [-0.15, -0.1) is 0 Å². The van der Waals surface area contributed by atoms with Gasteiger partial charge < -0.3 is 15.7 Å². The number of amides is 2. The molecule has 0 saturated heterocycles. The molecule has 1 aliphatic carbocycles. The van der Waals surface area contributed by atoms with Gasteiger partial charge in [0, 0.05) is 18.5 Å². The predicted molar refractivity (Wildman–Crippen MR) is 83.2 cm³/mol. The van der Waals surface area contributed by atoms with Gasteiger partial charge in [0.1, 0.15) is 0 Å². The Kier molecular flexibility index (Phi) is 6.99. The topological polar surface area (TPSA) is 78.4 Å². The van der Waals surface area contributed by atoms with Crippen LogP contribution in [0.15, 0.2) is 0 Å². The Labute approximate surface area is 127 Å². The molecule has 5 heteroatoms. The average Bonchev–Trinajstić information content (AvgIpc) is 3.19. The molecule has 2 amide bonds. The summed E-state index contributed by atoms with van der Waals surface area (Å²) in [6.45, 7) is 6.84. The summed E-state index contributed by atoms with van der Waals surface area (Å²) in [5.41, 5.74) is -0.129. The molecule has 122 valence electrons. The van der Waals surface area contributed by atoms with Crippen molar-refractivity contribution < 1.29 is 14.7 Å². The van der Waals surface area contributed by atoms with Crippen molar-refractivity contribution in [2.75, 3.05) is 6.54 Å². The van der Waals surface area contributed by atoms with E-state index >= 15 is 0 Å². The Balaban J connectivity index is 2.22. The second-order valence-electron chi connectivity index (χ2n) is 6.75. The fraction of sp³-hybridized carbons (Fsp3) is 0.875. The van der Waals surface area contributed by atoms with Crippen molar-refractivity contribution in [2.45, 2.75) is 71.3 Å². The number of rotatable bonds is 10. The summed E-state index contributed by atoms with van der Waals surface area (Å²) >= 11 is 0. The number of carbonyl (C=O) groups is 2. The predicted octanol–water partition coefficient (Wildman–Crippen LogP) is 3.15. The van der Waals surface area contributed by atoms with E-state index in [4.69, 9.17) is 5.11 Å². The van der Waals surface area contributed by atoms with Gasteiger partial charge in [0.05, 0.1) is 0 Å². The van der Waals surface area contributed by atoms with Crippen LogP contribution in [0, 0.1) is 11.8 Å². The summed E-state index contributed by atoms with van der Waals surface area (Å²) in [7, 11) is 0. The number of carboxylic acid groups (broad SMARTS) is 1. The third kappa shape index (κ3) is 7.34. The van der Waals surface area contributed by atoms with Crippen molar-refractivity contribution in [1.29, 1.82) is 0 Å². The maximum absolute atomic E-state index is 11.9. The van der Waals surface area contributed by atoms with Crippen LogP contribution in [-0.2, 0) is 4.79 Å². The van der Waals surface area contributed by atoms with Crippen LogP contribution in [0.2, 0.25) is 0 Å². The number of carbonyl (C=O) groups excluding carboxylic acids is 1. The zero-order valence-corrected chi connectivity index (χ0v) is 13.6. The fourth-order valence-corrected chi connectivity index (χ4v) is 2.80. The first kappa shape index (κ1) is 17.8. The van der Waals surface area contributed by atoms with E-state index in [0.717, 1.165) is 19.3 Å². The molecule has 0 bridgehead atoms. The molecule has 0 heterocycles. The van der Waals surface area contributed by atoms with Crippen molar-refractivity contribution in [3.8, 4) is 0 Å². The second kappa shape index (κ2) is 8.25. The number of hydrogen-bond donors (Lipinski definition) is 3. The minimum Gasteiger partial charge on any atom is -0.481 e. The summed E-state index contributed by atoms with van der Waals surface area (Å²) in [5.74, 6) is 0.238. The van der Waals surface area contributed by atoms with Gasteiger partial charge in [-0.2, -0.15) is 0 Å². The van der Waals surface area contributed by atoms with Crippen LogP contribution in [-0.4, -0.2) is 29.2 Å². The first-order valence-corrected chi connectivity index (χ1v) is 8.13. The molecule has 1 fully saturated rings. The van der Waals surface area contributed by atoms with E-state index in [1.807, 2.05) is 0 Å². The zero-order chi connectivity index (χ0) is 15.9. The molecule has 0 aromatic heterocycles. The average molecular weight is 298 g/mol. The Morgan fingerprint density at radius 2 is 1.90 bits per heavy atom. The van der Waals surface area contributed by atoms with Gasteiger partial charge in [0.25, 0.3) is 0 Å². The molecule has 5 nitrogen and oxygen atoms in total. The van der Waals surface area contributed by atoms with Crippen molar-refractivity contribution >= 4 is 12.0 Å². The Bertz CT molecular complexity index is 351. The Hall–Kier alpha value is -1.26. The number of aliphatic carboxylic acids is 1. The van der Waals surface area contributed by atoms with Crippen LogP contribution in [0.5, 0.6) is 0 Å². The first-order chi connectivity index (χ1) is 9.85. The molecule has 1 unspecified atom stereocenters. The van der Waals surface area contributed by atoms with Crippen molar-refractivity contribution in [1.82, 2.24) is 10.6 Å². The van der Waals surface area contributed by atoms with Gasteiger partial charge >= 0.3 is 12.0 Å². The Morgan fingerprint density at radius 3 is 2.43 bits per heavy atom. The summed E-state index contributed by atoms with van der Waals surface area (Å²) in [6, 6.07) is -0.111. The normalized spacial score (nSPS) is 16.3. The van der Waals surface area contributed by atoms with Crippen LogP contribution >= 0.6 is 0 Å². The molecule has 0 aromatic rings. The summed E-state index contributed by atoms with van der Waals surface area (Å²) < 4.78 is 0. The number of hydrogen-bond acceptors (Lipinski definition) is 2. The van der Waals surface area contributed by atoms with Crippen LogP contribution in [0.3, 0.4) is 0 Å². The van der Waals surface area contributed by atoms with E-state index in [0.29, 0.717) is 24.8 Å². The highest BCUT2D eigenvalue weighted by Crippen LogP contribution is 2.39. The van der Waals surface area contributed by atoms with E-state index < -0.39 is 5.97 Å². The maximum Gasteiger partial charge on any atom is 0.315 e. The van der Waals surface area contributed by atoms with Gasteiger partial charge in [-0.05, 0) is 51.4 Å². The highest BCUT2D eigenvalue weighted by Gasteiger charge is 2.38. The number of carboxylic acids is 1. The lowest BCUT2D eigenvalue weighted by molar-refractivity contribution is -0.137. The summed E-state index contributed by atoms with van der Waals surface area (Å²) in [6.07, 6.45) is 6.21. The van der Waals surface area contributed by atoms with Gasteiger partial charge in [-0.25, -0.2) is 4.79 Å². The van der Waals surface area contributed by atoms with Crippen LogP contribution in [0.25, 0.3) is 0 Å². The third-order valence-corrected chi connectivity index (χ3v) is 4.34. The molecular weight excluding hydrogens is 268 g/mol. The van der Waals surface area contributed by atoms with Crippen molar-refractivity contribution in [3.05, 3.63) is 0 Å². The minimum absolute atomic E-state index is 0.111. The molecule has 0 radical (unpaired) electrons. The van der Waals surface area contributed by atoms with Gasteiger partial charge in [-0.3, -0.25) is 4.79 Å². The van der Waals surface area contributed by atoms with Crippen LogP contribution < -0.4 is 10.6 Å².